The number of anilines is 1. The summed E-state index contributed by atoms with van der Waals surface area (Å²) in [5.41, 5.74) is 3.26. The van der Waals surface area contributed by atoms with Crippen molar-refractivity contribution in [3.63, 3.8) is 0 Å². The minimum atomic E-state index is -0.480. The number of benzene rings is 2. The Kier molecular flexibility index (Phi) is 5.50. The van der Waals surface area contributed by atoms with E-state index in [-0.39, 0.29) is 12.5 Å². The molecular weight excluding hydrogens is 394 g/mol. The Morgan fingerprint density at radius 1 is 1.10 bits per heavy atom. The van der Waals surface area contributed by atoms with Gasteiger partial charge in [0.2, 0.25) is 12.3 Å². The lowest BCUT2D eigenvalue weighted by molar-refractivity contribution is -0.121. The van der Waals surface area contributed by atoms with Crippen molar-refractivity contribution in [2.45, 2.75) is 33.2 Å². The summed E-state index contributed by atoms with van der Waals surface area (Å²) in [4.78, 5) is 15.0. The quantitative estimate of drug-likeness (QED) is 0.574. The second kappa shape index (κ2) is 8.26. The molecule has 0 atom stereocenters. The summed E-state index contributed by atoms with van der Waals surface area (Å²) in [5.74, 6) is 1.69. The van der Waals surface area contributed by atoms with E-state index >= 15 is 0 Å². The largest absolute Gasteiger partial charge is 0.494 e. The summed E-state index contributed by atoms with van der Waals surface area (Å²) >= 11 is 0. The van der Waals surface area contributed by atoms with Gasteiger partial charge in [-0.05, 0) is 75.7 Å². The van der Waals surface area contributed by atoms with E-state index in [4.69, 9.17) is 13.9 Å². The highest BCUT2D eigenvalue weighted by Crippen LogP contribution is 2.40. The van der Waals surface area contributed by atoms with Crippen molar-refractivity contribution in [2.24, 2.45) is 0 Å². The molecule has 31 heavy (non-hydrogen) atoms. The molecule has 0 saturated heterocycles. The first-order valence-corrected chi connectivity index (χ1v) is 10.2. The SMILES string of the molecule is CCOc1ccc2c(c1)C(C)=CC(C)(C)N2C(=O)COc1ccc(-c2nnco2)cc1. The Balaban J connectivity index is 1.52. The predicted octanol–water partition coefficient (Wildman–Crippen LogP) is 4.74. The monoisotopic (exact) mass is 419 g/mol. The second-order valence-corrected chi connectivity index (χ2v) is 7.88. The lowest BCUT2D eigenvalue weighted by atomic mass is 9.88. The van der Waals surface area contributed by atoms with Crippen LogP contribution in [0.2, 0.25) is 0 Å². The molecule has 2 aromatic carbocycles. The van der Waals surface area contributed by atoms with Gasteiger partial charge in [0.1, 0.15) is 11.5 Å². The standard InChI is InChI=1S/C24H25N3O4/c1-5-29-19-10-11-21-20(12-19)16(2)13-24(3,4)27(21)22(28)14-30-18-8-6-17(7-9-18)23-26-25-15-31-23/h6-13,15H,5,14H2,1-4H3. The average Bonchev–Trinajstić information content (AvgIpc) is 3.27. The average molecular weight is 419 g/mol. The van der Waals surface area contributed by atoms with Crippen LogP contribution in [0.5, 0.6) is 11.5 Å². The summed E-state index contributed by atoms with van der Waals surface area (Å²) in [7, 11) is 0. The van der Waals surface area contributed by atoms with E-state index in [0.717, 1.165) is 28.1 Å². The molecule has 0 spiro atoms. The fourth-order valence-electron chi connectivity index (χ4n) is 3.92. The van der Waals surface area contributed by atoms with Crippen LogP contribution in [-0.4, -0.2) is 34.9 Å². The maximum atomic E-state index is 13.2. The molecule has 1 aromatic heterocycles. The van der Waals surface area contributed by atoms with Gasteiger partial charge in [-0.1, -0.05) is 6.08 Å². The van der Waals surface area contributed by atoms with Gasteiger partial charge >= 0.3 is 0 Å². The molecule has 0 aliphatic carbocycles. The van der Waals surface area contributed by atoms with Crippen LogP contribution in [-0.2, 0) is 4.79 Å². The third kappa shape index (κ3) is 4.17. The first kappa shape index (κ1) is 20.7. The zero-order valence-electron chi connectivity index (χ0n) is 18.1. The molecule has 1 aliphatic rings. The number of amides is 1. The molecule has 0 unspecified atom stereocenters. The zero-order valence-corrected chi connectivity index (χ0v) is 18.1. The Morgan fingerprint density at radius 3 is 2.52 bits per heavy atom. The summed E-state index contributed by atoms with van der Waals surface area (Å²) < 4.78 is 16.6. The van der Waals surface area contributed by atoms with Crippen LogP contribution in [0.4, 0.5) is 5.69 Å². The predicted molar refractivity (Wildman–Crippen MR) is 118 cm³/mol. The molecule has 160 valence electrons. The number of carbonyl (C=O) groups excluding carboxylic acids is 1. The highest BCUT2D eigenvalue weighted by Gasteiger charge is 2.36. The highest BCUT2D eigenvalue weighted by molar-refractivity contribution is 6.01. The van der Waals surface area contributed by atoms with Crippen LogP contribution < -0.4 is 14.4 Å². The maximum Gasteiger partial charge on any atom is 0.265 e. The van der Waals surface area contributed by atoms with Crippen molar-refractivity contribution in [3.05, 3.63) is 60.5 Å². The Morgan fingerprint density at radius 2 is 1.84 bits per heavy atom. The van der Waals surface area contributed by atoms with Gasteiger partial charge in [-0.2, -0.15) is 0 Å². The molecule has 7 heteroatoms. The zero-order chi connectivity index (χ0) is 22.0. The van der Waals surface area contributed by atoms with E-state index in [1.54, 1.807) is 17.0 Å². The van der Waals surface area contributed by atoms with Gasteiger partial charge < -0.3 is 13.9 Å². The van der Waals surface area contributed by atoms with Crippen molar-refractivity contribution >= 4 is 17.2 Å². The number of nitrogens with zero attached hydrogens (tertiary/aromatic N) is 3. The minimum Gasteiger partial charge on any atom is -0.494 e. The Hall–Kier alpha value is -3.61. The number of rotatable bonds is 6. The number of carbonyl (C=O) groups is 1. The fourth-order valence-corrected chi connectivity index (χ4v) is 3.92. The number of hydrogen-bond donors (Lipinski definition) is 0. The van der Waals surface area contributed by atoms with E-state index in [1.807, 2.05) is 51.1 Å². The molecule has 1 aliphatic heterocycles. The van der Waals surface area contributed by atoms with Crippen LogP contribution in [0.15, 0.2) is 59.4 Å². The number of aromatic nitrogens is 2. The van der Waals surface area contributed by atoms with Gasteiger partial charge in [-0.25, -0.2) is 0 Å². The van der Waals surface area contributed by atoms with E-state index in [9.17, 15) is 4.79 Å². The molecule has 0 fully saturated rings. The molecule has 4 rings (SSSR count). The molecule has 0 saturated carbocycles. The molecule has 0 radical (unpaired) electrons. The van der Waals surface area contributed by atoms with E-state index < -0.39 is 5.54 Å². The molecule has 0 bridgehead atoms. The van der Waals surface area contributed by atoms with E-state index in [2.05, 4.69) is 23.2 Å². The topological polar surface area (TPSA) is 77.7 Å². The van der Waals surface area contributed by atoms with E-state index in [0.29, 0.717) is 18.2 Å². The number of allylic oxidation sites excluding steroid dienone is 1. The van der Waals surface area contributed by atoms with Crippen molar-refractivity contribution in [1.29, 1.82) is 0 Å². The van der Waals surface area contributed by atoms with Crippen molar-refractivity contribution in [3.8, 4) is 23.0 Å². The van der Waals surface area contributed by atoms with Crippen LogP contribution in [0.25, 0.3) is 17.0 Å². The third-order valence-corrected chi connectivity index (χ3v) is 5.16. The van der Waals surface area contributed by atoms with Crippen molar-refractivity contribution in [2.75, 3.05) is 18.1 Å². The summed E-state index contributed by atoms with van der Waals surface area (Å²) in [6.45, 7) is 8.56. The summed E-state index contributed by atoms with van der Waals surface area (Å²) in [6, 6.07) is 13.0. The van der Waals surface area contributed by atoms with Crippen LogP contribution in [0.3, 0.4) is 0 Å². The lowest BCUT2D eigenvalue weighted by Gasteiger charge is -2.41. The normalized spacial score (nSPS) is 14.6. The van der Waals surface area contributed by atoms with Gasteiger partial charge in [0.15, 0.2) is 6.61 Å². The number of ether oxygens (including phenoxy) is 2. The molecule has 3 aromatic rings. The maximum absolute atomic E-state index is 13.2. The molecule has 7 nitrogen and oxygen atoms in total. The highest BCUT2D eigenvalue weighted by atomic mass is 16.5. The smallest absolute Gasteiger partial charge is 0.265 e. The molecular formula is C24H25N3O4. The lowest BCUT2D eigenvalue weighted by Crippen LogP contribution is -2.50. The number of fused-ring (bicyclic) bond motifs is 1. The van der Waals surface area contributed by atoms with Crippen molar-refractivity contribution in [1.82, 2.24) is 10.2 Å². The Bertz CT molecular complexity index is 1100. The third-order valence-electron chi connectivity index (χ3n) is 5.16. The van der Waals surface area contributed by atoms with Gasteiger partial charge in [0.25, 0.3) is 5.91 Å². The van der Waals surface area contributed by atoms with Gasteiger partial charge in [-0.15, -0.1) is 10.2 Å². The second-order valence-electron chi connectivity index (χ2n) is 7.88. The molecule has 2 heterocycles. The molecule has 1 amide bonds. The minimum absolute atomic E-state index is 0.0805. The Labute approximate surface area is 181 Å². The van der Waals surface area contributed by atoms with Gasteiger partial charge in [-0.3, -0.25) is 9.69 Å². The molecule has 0 N–H and O–H groups in total. The van der Waals surface area contributed by atoms with Crippen LogP contribution in [0.1, 0.15) is 33.3 Å². The van der Waals surface area contributed by atoms with Crippen molar-refractivity contribution < 1.29 is 18.7 Å². The first-order chi connectivity index (χ1) is 14.9. The van der Waals surface area contributed by atoms with Crippen LogP contribution in [0, 0.1) is 0 Å². The van der Waals surface area contributed by atoms with Gasteiger partial charge in [0, 0.05) is 11.1 Å². The summed E-state index contributed by atoms with van der Waals surface area (Å²) in [5, 5.41) is 7.55. The number of hydrogen-bond acceptors (Lipinski definition) is 6. The fraction of sp³-hybridized carbons (Fsp3) is 0.292. The first-order valence-electron chi connectivity index (χ1n) is 10.2. The van der Waals surface area contributed by atoms with E-state index in [1.165, 1.54) is 6.39 Å². The summed E-state index contributed by atoms with van der Waals surface area (Å²) in [6.07, 6.45) is 3.38. The van der Waals surface area contributed by atoms with Crippen LogP contribution >= 0.6 is 0 Å². The van der Waals surface area contributed by atoms with Gasteiger partial charge in [0.05, 0.1) is 17.8 Å².